The van der Waals surface area contributed by atoms with Gasteiger partial charge < -0.3 is 16.0 Å². The van der Waals surface area contributed by atoms with Crippen molar-refractivity contribution in [3.8, 4) is 0 Å². The van der Waals surface area contributed by atoms with E-state index in [1.165, 1.54) is 9.47 Å². The van der Waals surface area contributed by atoms with Crippen molar-refractivity contribution in [3.63, 3.8) is 0 Å². The number of aromatic nitrogens is 2. The highest BCUT2D eigenvalue weighted by Gasteiger charge is 2.25. The topological polar surface area (TPSA) is 130 Å². The van der Waals surface area contributed by atoms with Gasteiger partial charge in [0, 0.05) is 29.8 Å². The average Bonchev–Trinajstić information content (AvgIpc) is 2.76. The molecule has 34 heavy (non-hydrogen) atoms. The number of nitrogens with two attached hydrogens (primary N) is 1. The number of hydrogen-bond donors (Lipinski definition) is 3. The molecule has 0 aliphatic heterocycles. The molecule has 0 bridgehead atoms. The molecule has 2 aromatic rings. The minimum absolute atomic E-state index is 0.0202. The Labute approximate surface area is 200 Å². The normalized spacial score (nSPS) is 11.3. The lowest BCUT2D eigenvalue weighted by atomic mass is 10.1. The molecular weight excluding hydrogens is 434 g/mol. The Morgan fingerprint density at radius 1 is 1.00 bits per heavy atom. The summed E-state index contributed by atoms with van der Waals surface area (Å²) in [5, 5.41) is 2.88. The lowest BCUT2D eigenvalue weighted by Crippen LogP contribution is -2.42. The highest BCUT2D eigenvalue weighted by atomic mass is 16.2. The van der Waals surface area contributed by atoms with E-state index in [9.17, 15) is 19.2 Å². The summed E-state index contributed by atoms with van der Waals surface area (Å²) in [5.74, 6) is -0.681. The van der Waals surface area contributed by atoms with Crippen LogP contribution in [-0.4, -0.2) is 33.4 Å². The van der Waals surface area contributed by atoms with Crippen molar-refractivity contribution >= 4 is 23.3 Å². The largest absolute Gasteiger partial charge is 0.383 e. The summed E-state index contributed by atoms with van der Waals surface area (Å²) in [6.07, 6.45) is 4.01. The third kappa shape index (κ3) is 6.82. The van der Waals surface area contributed by atoms with Gasteiger partial charge in [-0.15, -0.1) is 0 Å². The molecule has 2 rings (SSSR count). The summed E-state index contributed by atoms with van der Waals surface area (Å²) in [4.78, 5) is 54.7. The van der Waals surface area contributed by atoms with Crippen molar-refractivity contribution in [1.82, 2.24) is 14.9 Å². The number of nitrogens with zero attached hydrogens (tertiary/aromatic N) is 2. The van der Waals surface area contributed by atoms with E-state index in [0.29, 0.717) is 30.5 Å². The average molecular weight is 472 g/mol. The van der Waals surface area contributed by atoms with Gasteiger partial charge >= 0.3 is 5.69 Å². The molecule has 0 spiro atoms. The summed E-state index contributed by atoms with van der Waals surface area (Å²) in [5.41, 5.74) is 5.31. The molecule has 0 saturated heterocycles. The van der Waals surface area contributed by atoms with E-state index >= 15 is 0 Å². The van der Waals surface area contributed by atoms with E-state index in [-0.39, 0.29) is 29.5 Å². The van der Waals surface area contributed by atoms with Gasteiger partial charge in [-0.3, -0.25) is 23.9 Å². The number of benzene rings is 1. The molecule has 0 saturated carbocycles. The van der Waals surface area contributed by atoms with Crippen LogP contribution in [0.3, 0.4) is 0 Å². The van der Waals surface area contributed by atoms with Gasteiger partial charge in [-0.25, -0.2) is 4.79 Å². The van der Waals surface area contributed by atoms with Crippen molar-refractivity contribution in [2.24, 2.45) is 0 Å². The van der Waals surface area contributed by atoms with E-state index in [0.717, 1.165) is 19.3 Å². The zero-order valence-electron chi connectivity index (χ0n) is 20.9. The third-order valence-corrected chi connectivity index (χ3v) is 5.33. The summed E-state index contributed by atoms with van der Waals surface area (Å²) < 4.78 is 1.31. The molecule has 2 amide bonds. The number of unbranched alkanes of at least 4 members (excludes halogenated alkanes) is 3. The molecule has 186 valence electrons. The van der Waals surface area contributed by atoms with Crippen LogP contribution in [0, 0.1) is 0 Å². The number of rotatable bonds is 10. The molecule has 1 heterocycles. The Bertz CT molecular complexity index is 1110. The number of amides is 2. The number of nitrogen functional groups attached to an aromatic ring is 1. The van der Waals surface area contributed by atoms with Crippen LogP contribution in [-0.2, 0) is 6.54 Å². The molecule has 0 radical (unpaired) electrons. The Hall–Kier alpha value is -3.36. The quantitative estimate of drug-likeness (QED) is 0.458. The lowest BCUT2D eigenvalue weighted by molar-refractivity contribution is 0.0917. The minimum atomic E-state index is -0.693. The van der Waals surface area contributed by atoms with E-state index < -0.39 is 17.2 Å². The lowest BCUT2D eigenvalue weighted by Gasteiger charge is -2.25. The Morgan fingerprint density at radius 3 is 2.15 bits per heavy atom. The van der Waals surface area contributed by atoms with E-state index in [4.69, 9.17) is 5.73 Å². The molecule has 1 aromatic carbocycles. The van der Waals surface area contributed by atoms with E-state index in [2.05, 4.69) is 10.3 Å². The second kappa shape index (κ2) is 11.7. The van der Waals surface area contributed by atoms with Gasteiger partial charge in [0.1, 0.15) is 5.82 Å². The number of carbonyl (C=O) groups is 2. The molecule has 0 aliphatic carbocycles. The van der Waals surface area contributed by atoms with Crippen molar-refractivity contribution < 1.29 is 9.59 Å². The molecule has 0 atom stereocenters. The standard InChI is InChI=1S/C25H37N5O4/c1-6-8-10-16-29(19-20(26)30(15-9-7-2)24(34)27-22(19)32)23(33)18-13-11-17(12-14-18)21(31)28-25(3,4)5/h11-14H,6-10,15-16,26H2,1-5H3,(H,28,31)(H,27,32,34). The van der Waals surface area contributed by atoms with Crippen LogP contribution >= 0.6 is 0 Å². The number of nitrogens with one attached hydrogen (secondary N) is 2. The Morgan fingerprint density at radius 2 is 1.59 bits per heavy atom. The van der Waals surface area contributed by atoms with Gasteiger partial charge in [0.05, 0.1) is 0 Å². The van der Waals surface area contributed by atoms with Crippen LogP contribution in [0.5, 0.6) is 0 Å². The fraction of sp³-hybridized carbons (Fsp3) is 0.520. The van der Waals surface area contributed by atoms with Gasteiger partial charge in [0.25, 0.3) is 17.4 Å². The summed E-state index contributed by atoms with van der Waals surface area (Å²) in [7, 11) is 0. The second-order valence-electron chi connectivity index (χ2n) is 9.44. The van der Waals surface area contributed by atoms with E-state index in [1.54, 1.807) is 24.3 Å². The SMILES string of the molecule is CCCCCN(C(=O)c1ccc(C(=O)NC(C)(C)C)cc1)c1c(N)n(CCCC)c(=O)[nH]c1=O. The zero-order chi connectivity index (χ0) is 25.5. The fourth-order valence-electron chi connectivity index (χ4n) is 3.54. The number of hydrogen-bond acceptors (Lipinski definition) is 5. The van der Waals surface area contributed by atoms with Crippen LogP contribution in [0.25, 0.3) is 0 Å². The van der Waals surface area contributed by atoms with Gasteiger partial charge in [0.15, 0.2) is 5.69 Å². The summed E-state index contributed by atoms with van der Waals surface area (Å²) in [6.45, 7) is 10.3. The molecule has 0 aliphatic rings. The van der Waals surface area contributed by atoms with Crippen molar-refractivity contribution in [1.29, 1.82) is 0 Å². The first kappa shape index (κ1) is 26.9. The van der Waals surface area contributed by atoms with Crippen LogP contribution in [0.2, 0.25) is 0 Å². The second-order valence-corrected chi connectivity index (χ2v) is 9.44. The van der Waals surface area contributed by atoms with Gasteiger partial charge in [-0.05, 0) is 57.9 Å². The first-order valence-corrected chi connectivity index (χ1v) is 11.9. The molecule has 9 nitrogen and oxygen atoms in total. The van der Waals surface area contributed by atoms with Gasteiger partial charge in [-0.2, -0.15) is 0 Å². The first-order chi connectivity index (χ1) is 16.0. The number of anilines is 2. The maximum absolute atomic E-state index is 13.5. The predicted octanol–water partition coefficient (Wildman–Crippen LogP) is 3.28. The molecule has 4 N–H and O–H groups in total. The van der Waals surface area contributed by atoms with Crippen LogP contribution in [0.4, 0.5) is 11.5 Å². The Balaban J connectivity index is 2.46. The number of carbonyl (C=O) groups excluding carboxylic acids is 2. The Kier molecular flexibility index (Phi) is 9.23. The van der Waals surface area contributed by atoms with Crippen molar-refractivity contribution in [2.45, 2.75) is 78.8 Å². The van der Waals surface area contributed by atoms with Crippen LogP contribution in [0.15, 0.2) is 33.9 Å². The zero-order valence-corrected chi connectivity index (χ0v) is 20.9. The summed E-state index contributed by atoms with van der Waals surface area (Å²) in [6, 6.07) is 6.27. The molecular formula is C25H37N5O4. The van der Waals surface area contributed by atoms with Crippen molar-refractivity contribution in [2.75, 3.05) is 17.2 Å². The van der Waals surface area contributed by atoms with Crippen LogP contribution in [0.1, 0.15) is 87.4 Å². The van der Waals surface area contributed by atoms with Gasteiger partial charge in [0.2, 0.25) is 0 Å². The maximum atomic E-state index is 13.5. The molecule has 9 heteroatoms. The first-order valence-electron chi connectivity index (χ1n) is 11.9. The monoisotopic (exact) mass is 471 g/mol. The number of H-pyrrole nitrogens is 1. The molecule has 1 aromatic heterocycles. The molecule has 0 unspecified atom stereocenters. The van der Waals surface area contributed by atoms with E-state index in [1.807, 2.05) is 34.6 Å². The van der Waals surface area contributed by atoms with Crippen LogP contribution < -0.4 is 27.2 Å². The fourth-order valence-corrected chi connectivity index (χ4v) is 3.54. The predicted molar refractivity (Wildman–Crippen MR) is 136 cm³/mol. The van der Waals surface area contributed by atoms with Crippen molar-refractivity contribution in [3.05, 3.63) is 56.2 Å². The smallest absolute Gasteiger partial charge is 0.330 e. The maximum Gasteiger partial charge on any atom is 0.330 e. The number of aromatic amines is 1. The summed E-state index contributed by atoms with van der Waals surface area (Å²) >= 11 is 0. The molecule has 0 fully saturated rings. The third-order valence-electron chi connectivity index (χ3n) is 5.33. The minimum Gasteiger partial charge on any atom is -0.383 e. The highest BCUT2D eigenvalue weighted by Crippen LogP contribution is 2.21. The highest BCUT2D eigenvalue weighted by molar-refractivity contribution is 6.07. The van der Waals surface area contributed by atoms with Gasteiger partial charge in [-0.1, -0.05) is 33.1 Å².